The highest BCUT2D eigenvalue weighted by Gasteiger charge is 2.21. The van der Waals surface area contributed by atoms with Gasteiger partial charge in [-0.15, -0.1) is 5.10 Å². The molecule has 1 saturated heterocycles. The molecule has 2 heterocycles. The molecule has 3 rings (SSSR count). The van der Waals surface area contributed by atoms with Crippen molar-refractivity contribution in [3.63, 3.8) is 0 Å². The first-order chi connectivity index (χ1) is 12.7. The van der Waals surface area contributed by atoms with Gasteiger partial charge in [-0.1, -0.05) is 29.5 Å². The average Bonchev–Trinajstić information content (AvgIpc) is 3.12. The number of aliphatic hydroxyl groups excluding tert-OH is 1. The third-order valence-electron chi connectivity index (χ3n) is 4.88. The van der Waals surface area contributed by atoms with Gasteiger partial charge in [-0.25, -0.2) is 0 Å². The molecule has 2 N–H and O–H groups in total. The normalized spacial score (nSPS) is 17.2. The van der Waals surface area contributed by atoms with Crippen molar-refractivity contribution in [1.82, 2.24) is 25.2 Å². The van der Waals surface area contributed by atoms with E-state index in [0.717, 1.165) is 30.8 Å². The van der Waals surface area contributed by atoms with Crippen molar-refractivity contribution < 1.29 is 9.90 Å². The number of carbonyl (C=O) groups excluding carboxylic acids is 1. The van der Waals surface area contributed by atoms with Gasteiger partial charge < -0.3 is 15.3 Å². The van der Waals surface area contributed by atoms with Crippen LogP contribution in [0.2, 0.25) is 0 Å². The van der Waals surface area contributed by atoms with Crippen molar-refractivity contribution in [2.75, 3.05) is 26.2 Å². The minimum absolute atomic E-state index is 0.0838. The zero-order valence-electron chi connectivity index (χ0n) is 15.3. The van der Waals surface area contributed by atoms with Crippen LogP contribution in [-0.2, 0) is 13.1 Å². The second-order valence-electron chi connectivity index (χ2n) is 6.91. The molecule has 1 fully saturated rings. The number of hydrogen-bond acceptors (Lipinski definition) is 5. The summed E-state index contributed by atoms with van der Waals surface area (Å²) in [6.07, 6.45) is 4.06. The molecule has 0 radical (unpaired) electrons. The number of nitrogens with one attached hydrogen (secondary N) is 1. The van der Waals surface area contributed by atoms with Gasteiger partial charge in [0.15, 0.2) is 5.69 Å². The van der Waals surface area contributed by atoms with E-state index < -0.39 is 0 Å². The van der Waals surface area contributed by atoms with E-state index in [2.05, 4.69) is 15.6 Å². The zero-order chi connectivity index (χ0) is 18.4. The Labute approximate surface area is 154 Å². The smallest absolute Gasteiger partial charge is 0.276 e. The Balaban J connectivity index is 1.68. The third kappa shape index (κ3) is 4.68. The Kier molecular flexibility index (Phi) is 6.35. The fraction of sp³-hybridized carbons (Fsp3) is 0.526. The summed E-state index contributed by atoms with van der Waals surface area (Å²) >= 11 is 0. The highest BCUT2D eigenvalue weighted by molar-refractivity contribution is 5.91. The van der Waals surface area contributed by atoms with Crippen molar-refractivity contribution in [3.8, 4) is 0 Å². The number of aromatic nitrogens is 3. The van der Waals surface area contributed by atoms with Crippen molar-refractivity contribution in [2.24, 2.45) is 5.92 Å². The molecule has 0 spiro atoms. The molecular formula is C19H27N5O2. The van der Waals surface area contributed by atoms with Gasteiger partial charge in [0.25, 0.3) is 5.91 Å². The largest absolute Gasteiger partial charge is 0.395 e. The molecule has 2 aromatic rings. The molecule has 1 aromatic carbocycles. The Morgan fingerprint density at radius 1 is 1.42 bits per heavy atom. The SMILES string of the molecule is Cc1ccccc1CN(CCO)C(=O)c1cn(CC2CCCNC2)nn1. The molecule has 0 saturated carbocycles. The molecule has 1 aliphatic heterocycles. The molecule has 26 heavy (non-hydrogen) atoms. The van der Waals surface area contributed by atoms with Crippen LogP contribution in [0.5, 0.6) is 0 Å². The number of benzene rings is 1. The lowest BCUT2D eigenvalue weighted by molar-refractivity contribution is 0.0701. The summed E-state index contributed by atoms with van der Waals surface area (Å²) in [6.45, 7) is 5.48. The van der Waals surface area contributed by atoms with Crippen LogP contribution in [0.1, 0.15) is 34.5 Å². The summed E-state index contributed by atoms with van der Waals surface area (Å²) in [7, 11) is 0. The van der Waals surface area contributed by atoms with Gasteiger partial charge in [0, 0.05) is 19.6 Å². The quantitative estimate of drug-likeness (QED) is 0.778. The summed E-state index contributed by atoms with van der Waals surface area (Å²) in [4.78, 5) is 14.5. The van der Waals surface area contributed by atoms with Gasteiger partial charge in [-0.2, -0.15) is 0 Å². The van der Waals surface area contributed by atoms with Crippen LogP contribution in [0.4, 0.5) is 0 Å². The molecule has 7 nitrogen and oxygen atoms in total. The van der Waals surface area contributed by atoms with Gasteiger partial charge in [-0.3, -0.25) is 9.48 Å². The number of aryl methyl sites for hydroxylation is 1. The number of rotatable bonds is 7. The molecule has 1 atom stereocenters. The number of aliphatic hydroxyl groups is 1. The standard InChI is InChI=1S/C19H27N5O2/c1-15-5-2-3-7-17(15)13-23(9-10-25)19(26)18-14-24(22-21-18)12-16-6-4-8-20-11-16/h2-3,5,7,14,16,20,25H,4,6,8-13H2,1H3. The van der Waals surface area contributed by atoms with Gasteiger partial charge in [0.05, 0.1) is 12.8 Å². The lowest BCUT2D eigenvalue weighted by Gasteiger charge is -2.22. The van der Waals surface area contributed by atoms with Gasteiger partial charge in [0.2, 0.25) is 0 Å². The predicted molar refractivity (Wildman–Crippen MR) is 98.6 cm³/mol. The Hall–Kier alpha value is -2.25. The lowest BCUT2D eigenvalue weighted by Crippen LogP contribution is -2.33. The highest BCUT2D eigenvalue weighted by Crippen LogP contribution is 2.14. The monoisotopic (exact) mass is 357 g/mol. The first kappa shape index (κ1) is 18.5. The molecule has 140 valence electrons. The Morgan fingerprint density at radius 3 is 3.00 bits per heavy atom. The average molecular weight is 357 g/mol. The van der Waals surface area contributed by atoms with Crippen molar-refractivity contribution in [2.45, 2.75) is 32.9 Å². The van der Waals surface area contributed by atoms with E-state index >= 15 is 0 Å². The van der Waals surface area contributed by atoms with E-state index in [4.69, 9.17) is 0 Å². The maximum atomic E-state index is 12.8. The van der Waals surface area contributed by atoms with Crippen LogP contribution < -0.4 is 5.32 Å². The van der Waals surface area contributed by atoms with Crippen LogP contribution in [0.25, 0.3) is 0 Å². The molecule has 1 aliphatic rings. The van der Waals surface area contributed by atoms with Gasteiger partial charge >= 0.3 is 0 Å². The fourth-order valence-corrected chi connectivity index (χ4v) is 3.36. The van der Waals surface area contributed by atoms with Crippen molar-refractivity contribution in [1.29, 1.82) is 0 Å². The number of nitrogens with zero attached hydrogens (tertiary/aromatic N) is 4. The molecule has 0 bridgehead atoms. The third-order valence-corrected chi connectivity index (χ3v) is 4.88. The molecular weight excluding hydrogens is 330 g/mol. The number of hydrogen-bond donors (Lipinski definition) is 2. The summed E-state index contributed by atoms with van der Waals surface area (Å²) in [5.74, 6) is 0.323. The highest BCUT2D eigenvalue weighted by atomic mass is 16.3. The summed E-state index contributed by atoms with van der Waals surface area (Å²) in [5, 5.41) is 20.9. The van der Waals surface area contributed by atoms with E-state index in [1.165, 1.54) is 12.8 Å². The van der Waals surface area contributed by atoms with E-state index in [0.29, 0.717) is 18.2 Å². The van der Waals surface area contributed by atoms with Crippen molar-refractivity contribution >= 4 is 5.91 Å². The van der Waals surface area contributed by atoms with Crippen LogP contribution in [0.15, 0.2) is 30.5 Å². The first-order valence-corrected chi connectivity index (χ1v) is 9.23. The molecule has 1 aromatic heterocycles. The number of carbonyl (C=O) groups is 1. The fourth-order valence-electron chi connectivity index (χ4n) is 3.36. The van der Waals surface area contributed by atoms with Gasteiger partial charge in [0.1, 0.15) is 0 Å². The van der Waals surface area contributed by atoms with Gasteiger partial charge in [-0.05, 0) is 49.9 Å². The summed E-state index contributed by atoms with van der Waals surface area (Å²) < 4.78 is 1.76. The minimum Gasteiger partial charge on any atom is -0.395 e. The van der Waals surface area contributed by atoms with E-state index in [9.17, 15) is 9.90 Å². The van der Waals surface area contributed by atoms with Crippen LogP contribution in [-0.4, -0.2) is 57.1 Å². The van der Waals surface area contributed by atoms with E-state index in [1.807, 2.05) is 31.2 Å². The van der Waals surface area contributed by atoms with Crippen LogP contribution >= 0.6 is 0 Å². The zero-order valence-corrected chi connectivity index (χ0v) is 15.3. The Bertz CT molecular complexity index is 724. The molecule has 0 aliphatic carbocycles. The van der Waals surface area contributed by atoms with E-state index in [1.54, 1.807) is 15.8 Å². The number of amides is 1. The van der Waals surface area contributed by atoms with Crippen molar-refractivity contribution in [3.05, 3.63) is 47.3 Å². The Morgan fingerprint density at radius 2 is 2.27 bits per heavy atom. The second-order valence-corrected chi connectivity index (χ2v) is 6.91. The molecule has 1 unspecified atom stereocenters. The number of piperidine rings is 1. The van der Waals surface area contributed by atoms with E-state index in [-0.39, 0.29) is 19.1 Å². The minimum atomic E-state index is -0.199. The maximum Gasteiger partial charge on any atom is 0.276 e. The predicted octanol–water partition coefficient (Wildman–Crippen LogP) is 1.22. The molecule has 1 amide bonds. The lowest BCUT2D eigenvalue weighted by atomic mass is 10.00. The van der Waals surface area contributed by atoms with Crippen LogP contribution in [0, 0.1) is 12.8 Å². The second kappa shape index (κ2) is 8.91. The first-order valence-electron chi connectivity index (χ1n) is 9.23. The topological polar surface area (TPSA) is 83.3 Å². The molecule has 7 heteroatoms. The summed E-state index contributed by atoms with van der Waals surface area (Å²) in [5.41, 5.74) is 2.52. The summed E-state index contributed by atoms with van der Waals surface area (Å²) in [6, 6.07) is 7.95. The van der Waals surface area contributed by atoms with Crippen LogP contribution in [0.3, 0.4) is 0 Å². The maximum absolute atomic E-state index is 12.8.